The van der Waals surface area contributed by atoms with E-state index in [0.29, 0.717) is 6.04 Å². The number of hydrogen-bond donors (Lipinski definition) is 1. The quantitative estimate of drug-likeness (QED) is 0.611. The number of hydrogen-bond acceptors (Lipinski definition) is 1. The molecule has 0 unspecified atom stereocenters. The molecule has 1 aliphatic carbocycles. The van der Waals surface area contributed by atoms with E-state index in [4.69, 9.17) is 0 Å². The fraction of sp³-hybridized carbons (Fsp3) is 0.667. The van der Waals surface area contributed by atoms with Crippen LogP contribution in [0, 0.1) is 0 Å². The molecule has 11 heavy (non-hydrogen) atoms. The van der Waals surface area contributed by atoms with E-state index in [0.717, 1.165) is 25.7 Å². The highest BCUT2D eigenvalue weighted by molar-refractivity contribution is 5.87. The lowest BCUT2D eigenvalue weighted by molar-refractivity contribution is -0.116. The molecule has 1 amide bonds. The van der Waals surface area contributed by atoms with Gasteiger partial charge in [0.25, 0.3) is 0 Å². The molecule has 0 aromatic heterocycles. The van der Waals surface area contributed by atoms with Crippen molar-refractivity contribution in [1.29, 1.82) is 0 Å². The molecule has 0 aromatic rings. The molecule has 0 spiro atoms. The molecule has 2 heteroatoms. The molecule has 62 valence electrons. The van der Waals surface area contributed by atoms with Crippen LogP contribution in [0.15, 0.2) is 12.2 Å². The molecule has 1 N–H and O–H groups in total. The molecule has 2 nitrogen and oxygen atoms in total. The van der Waals surface area contributed by atoms with Gasteiger partial charge in [0.1, 0.15) is 0 Å². The number of allylic oxidation sites excluding steroid dienone is 1. The van der Waals surface area contributed by atoms with Gasteiger partial charge in [0.05, 0.1) is 0 Å². The summed E-state index contributed by atoms with van der Waals surface area (Å²) in [4.78, 5) is 11.0. The van der Waals surface area contributed by atoms with E-state index in [1.807, 2.05) is 6.08 Å². The van der Waals surface area contributed by atoms with Gasteiger partial charge >= 0.3 is 0 Å². The largest absolute Gasteiger partial charge is 0.350 e. The first-order valence-corrected chi connectivity index (χ1v) is 4.30. The maximum absolute atomic E-state index is 11.0. The highest BCUT2D eigenvalue weighted by Crippen LogP contribution is 2.18. The molecule has 0 atom stereocenters. The number of unbranched alkanes of at least 4 members (excludes halogenated alkanes) is 1. The third-order valence-corrected chi connectivity index (χ3v) is 1.65. The van der Waals surface area contributed by atoms with Crippen molar-refractivity contribution in [1.82, 2.24) is 5.32 Å². The van der Waals surface area contributed by atoms with E-state index in [1.165, 1.54) is 0 Å². The summed E-state index contributed by atoms with van der Waals surface area (Å²) in [6.07, 6.45) is 7.99. The van der Waals surface area contributed by atoms with E-state index in [1.54, 1.807) is 6.08 Å². The van der Waals surface area contributed by atoms with Gasteiger partial charge in [0.15, 0.2) is 0 Å². The fourth-order valence-electron chi connectivity index (χ4n) is 0.834. The average molecular weight is 153 g/mol. The summed E-state index contributed by atoms with van der Waals surface area (Å²) in [5, 5.41) is 2.89. The zero-order valence-corrected chi connectivity index (χ0v) is 6.97. The molecular formula is C9H15NO. The Hall–Kier alpha value is -0.790. The Kier molecular flexibility index (Phi) is 3.14. The third kappa shape index (κ3) is 3.81. The Labute approximate surface area is 67.7 Å². The highest BCUT2D eigenvalue weighted by atomic mass is 16.1. The van der Waals surface area contributed by atoms with Crippen LogP contribution in [-0.4, -0.2) is 11.9 Å². The molecule has 0 aliphatic heterocycles. The van der Waals surface area contributed by atoms with Gasteiger partial charge in [-0.15, -0.1) is 0 Å². The first-order chi connectivity index (χ1) is 5.33. The van der Waals surface area contributed by atoms with Crippen molar-refractivity contribution in [3.63, 3.8) is 0 Å². The van der Waals surface area contributed by atoms with E-state index in [2.05, 4.69) is 12.2 Å². The lowest BCUT2D eigenvalue weighted by atomic mass is 10.3. The maximum Gasteiger partial charge on any atom is 0.243 e. The Balaban J connectivity index is 2.08. The molecule has 0 saturated heterocycles. The predicted molar refractivity (Wildman–Crippen MR) is 45.2 cm³/mol. The van der Waals surface area contributed by atoms with Crippen LogP contribution in [0.2, 0.25) is 0 Å². The molecule has 1 rings (SSSR count). The van der Waals surface area contributed by atoms with Crippen LogP contribution in [0.5, 0.6) is 0 Å². The van der Waals surface area contributed by atoms with Crippen LogP contribution < -0.4 is 5.32 Å². The fourth-order valence-corrected chi connectivity index (χ4v) is 0.834. The van der Waals surface area contributed by atoms with Crippen LogP contribution in [0.4, 0.5) is 0 Å². The van der Waals surface area contributed by atoms with Crippen molar-refractivity contribution in [3.8, 4) is 0 Å². The summed E-state index contributed by atoms with van der Waals surface area (Å²) in [6.45, 7) is 2.10. The first kappa shape index (κ1) is 8.31. The average Bonchev–Trinajstić information content (AvgIpc) is 2.72. The Morgan fingerprint density at radius 3 is 2.91 bits per heavy atom. The normalized spacial score (nSPS) is 17.2. The topological polar surface area (TPSA) is 29.1 Å². The van der Waals surface area contributed by atoms with Crippen molar-refractivity contribution >= 4 is 5.91 Å². The van der Waals surface area contributed by atoms with Crippen molar-refractivity contribution in [3.05, 3.63) is 12.2 Å². The standard InChI is InChI=1S/C9H15NO/c1-2-3-4-5-9(11)10-8-6-7-8/h4-5,8H,2-3,6-7H2,1H3,(H,10,11). The summed E-state index contributed by atoms with van der Waals surface area (Å²) >= 11 is 0. The van der Waals surface area contributed by atoms with Gasteiger partial charge in [-0.25, -0.2) is 0 Å². The molecule has 1 fully saturated rings. The SMILES string of the molecule is CCCC=CC(=O)NC1CC1. The number of carbonyl (C=O) groups is 1. The van der Waals surface area contributed by atoms with E-state index in [-0.39, 0.29) is 5.91 Å². The highest BCUT2D eigenvalue weighted by Gasteiger charge is 2.21. The number of carbonyl (C=O) groups excluding carboxylic acids is 1. The number of nitrogens with one attached hydrogen (secondary N) is 1. The smallest absolute Gasteiger partial charge is 0.243 e. The lowest BCUT2D eigenvalue weighted by Crippen LogP contribution is -2.22. The summed E-state index contributed by atoms with van der Waals surface area (Å²) in [6, 6.07) is 0.480. The Morgan fingerprint density at radius 2 is 2.36 bits per heavy atom. The van der Waals surface area contributed by atoms with Crippen LogP contribution >= 0.6 is 0 Å². The van der Waals surface area contributed by atoms with Crippen molar-refractivity contribution in [2.75, 3.05) is 0 Å². The minimum atomic E-state index is 0.0703. The van der Waals surface area contributed by atoms with Crippen molar-refractivity contribution in [2.24, 2.45) is 0 Å². The van der Waals surface area contributed by atoms with Gasteiger partial charge < -0.3 is 5.32 Å². The van der Waals surface area contributed by atoms with Crippen LogP contribution in [-0.2, 0) is 4.79 Å². The van der Waals surface area contributed by atoms with Crippen LogP contribution in [0.25, 0.3) is 0 Å². The van der Waals surface area contributed by atoms with E-state index < -0.39 is 0 Å². The van der Waals surface area contributed by atoms with Gasteiger partial charge in [-0.2, -0.15) is 0 Å². The summed E-state index contributed by atoms with van der Waals surface area (Å²) < 4.78 is 0. The lowest BCUT2D eigenvalue weighted by Gasteiger charge is -1.95. The molecule has 0 bridgehead atoms. The Bertz CT molecular complexity index is 159. The monoisotopic (exact) mass is 153 g/mol. The number of rotatable bonds is 4. The second-order valence-corrected chi connectivity index (χ2v) is 2.97. The molecule has 0 heterocycles. The molecule has 1 saturated carbocycles. The van der Waals surface area contributed by atoms with Crippen LogP contribution in [0.1, 0.15) is 32.6 Å². The maximum atomic E-state index is 11.0. The summed E-state index contributed by atoms with van der Waals surface area (Å²) in [5.74, 6) is 0.0703. The van der Waals surface area contributed by atoms with Crippen LogP contribution in [0.3, 0.4) is 0 Å². The minimum absolute atomic E-state index is 0.0703. The van der Waals surface area contributed by atoms with Crippen molar-refractivity contribution in [2.45, 2.75) is 38.6 Å². The zero-order valence-electron chi connectivity index (χ0n) is 6.97. The second-order valence-electron chi connectivity index (χ2n) is 2.97. The van der Waals surface area contributed by atoms with Gasteiger partial charge in [0, 0.05) is 6.04 Å². The summed E-state index contributed by atoms with van der Waals surface area (Å²) in [5.41, 5.74) is 0. The van der Waals surface area contributed by atoms with Gasteiger partial charge in [0.2, 0.25) is 5.91 Å². The Morgan fingerprint density at radius 1 is 1.64 bits per heavy atom. The molecular weight excluding hydrogens is 138 g/mol. The van der Waals surface area contributed by atoms with Gasteiger partial charge in [-0.05, 0) is 25.3 Å². The molecule has 0 aromatic carbocycles. The molecule has 1 aliphatic rings. The second kappa shape index (κ2) is 4.16. The van der Waals surface area contributed by atoms with Gasteiger partial charge in [-0.1, -0.05) is 19.4 Å². The van der Waals surface area contributed by atoms with E-state index >= 15 is 0 Å². The van der Waals surface area contributed by atoms with E-state index in [9.17, 15) is 4.79 Å². The number of amides is 1. The zero-order chi connectivity index (χ0) is 8.10. The molecule has 0 radical (unpaired) electrons. The predicted octanol–water partition coefficient (Wildman–Crippen LogP) is 1.62. The third-order valence-electron chi connectivity index (χ3n) is 1.65. The minimum Gasteiger partial charge on any atom is -0.350 e. The van der Waals surface area contributed by atoms with Gasteiger partial charge in [-0.3, -0.25) is 4.79 Å². The van der Waals surface area contributed by atoms with Crippen molar-refractivity contribution < 1.29 is 4.79 Å². The summed E-state index contributed by atoms with van der Waals surface area (Å²) in [7, 11) is 0. The first-order valence-electron chi connectivity index (χ1n) is 4.30.